The van der Waals surface area contributed by atoms with Crippen molar-refractivity contribution >= 4 is 40.6 Å². The number of benzene rings is 3. The quantitative estimate of drug-likeness (QED) is 0.567. The molecule has 120 valence electrons. The molecule has 5 heteroatoms. The fourth-order valence-corrected chi connectivity index (χ4v) is 2.76. The summed E-state index contributed by atoms with van der Waals surface area (Å²) in [5.41, 5.74) is 3.27. The summed E-state index contributed by atoms with van der Waals surface area (Å²) >= 11 is 12.1. The van der Waals surface area contributed by atoms with Crippen LogP contribution >= 0.6 is 23.2 Å². The number of carbonyl (C=O) groups excluding carboxylic acids is 1. The standard InChI is InChI=1S/C19H14Cl2N2O/c20-16-7-4-8-17(21)18(16)23-19(24)22-15-11-9-14(10-12-15)13-5-2-1-3-6-13/h1-12H,(H2,22,23,24). The molecule has 0 radical (unpaired) electrons. The van der Waals surface area contributed by atoms with Gasteiger partial charge in [0.1, 0.15) is 0 Å². The summed E-state index contributed by atoms with van der Waals surface area (Å²) in [6.07, 6.45) is 0. The van der Waals surface area contributed by atoms with Crippen LogP contribution in [0.4, 0.5) is 16.2 Å². The van der Waals surface area contributed by atoms with E-state index >= 15 is 0 Å². The summed E-state index contributed by atoms with van der Waals surface area (Å²) in [5, 5.41) is 6.19. The molecule has 3 rings (SSSR count). The lowest BCUT2D eigenvalue weighted by Gasteiger charge is -2.11. The zero-order valence-electron chi connectivity index (χ0n) is 12.6. The summed E-state index contributed by atoms with van der Waals surface area (Å²) in [6, 6.07) is 22.3. The highest BCUT2D eigenvalue weighted by Crippen LogP contribution is 2.30. The van der Waals surface area contributed by atoms with Crippen molar-refractivity contribution in [3.63, 3.8) is 0 Å². The van der Waals surface area contributed by atoms with Gasteiger partial charge in [0.25, 0.3) is 0 Å². The number of hydrogen-bond donors (Lipinski definition) is 2. The number of hydrogen-bond acceptors (Lipinski definition) is 1. The minimum absolute atomic E-state index is 0.386. The molecular formula is C19H14Cl2N2O. The maximum Gasteiger partial charge on any atom is 0.323 e. The number of anilines is 2. The second-order valence-electron chi connectivity index (χ2n) is 5.12. The number of rotatable bonds is 3. The average molecular weight is 357 g/mol. The van der Waals surface area contributed by atoms with Crippen LogP contribution in [0.5, 0.6) is 0 Å². The van der Waals surface area contributed by atoms with Crippen molar-refractivity contribution in [1.29, 1.82) is 0 Å². The molecule has 0 fully saturated rings. The molecule has 0 bridgehead atoms. The van der Waals surface area contributed by atoms with Gasteiger partial charge in [0.2, 0.25) is 0 Å². The molecule has 3 aromatic rings. The van der Waals surface area contributed by atoms with Gasteiger partial charge in [-0.1, -0.05) is 71.7 Å². The van der Waals surface area contributed by atoms with Crippen LogP contribution in [-0.2, 0) is 0 Å². The van der Waals surface area contributed by atoms with Crippen molar-refractivity contribution in [3.05, 3.63) is 82.8 Å². The SMILES string of the molecule is O=C(Nc1ccc(-c2ccccc2)cc1)Nc1c(Cl)cccc1Cl. The van der Waals surface area contributed by atoms with E-state index in [4.69, 9.17) is 23.2 Å². The maximum absolute atomic E-state index is 12.1. The van der Waals surface area contributed by atoms with Gasteiger partial charge in [0, 0.05) is 5.69 Å². The lowest BCUT2D eigenvalue weighted by Crippen LogP contribution is -2.19. The Labute approximate surface area is 150 Å². The van der Waals surface area contributed by atoms with Crippen molar-refractivity contribution in [3.8, 4) is 11.1 Å². The predicted octanol–water partition coefficient (Wildman–Crippen LogP) is 6.30. The van der Waals surface area contributed by atoms with Gasteiger partial charge in [0.05, 0.1) is 15.7 Å². The van der Waals surface area contributed by atoms with Crippen LogP contribution in [0.3, 0.4) is 0 Å². The third kappa shape index (κ3) is 3.88. The Balaban J connectivity index is 1.69. The number of halogens is 2. The van der Waals surface area contributed by atoms with Gasteiger partial charge in [-0.3, -0.25) is 0 Å². The Morgan fingerprint density at radius 1 is 0.667 bits per heavy atom. The molecule has 3 aromatic carbocycles. The van der Waals surface area contributed by atoms with Crippen LogP contribution in [0, 0.1) is 0 Å². The third-order valence-corrected chi connectivity index (χ3v) is 4.08. The van der Waals surface area contributed by atoms with E-state index in [1.54, 1.807) is 18.2 Å². The summed E-state index contributed by atoms with van der Waals surface area (Å²) in [5.74, 6) is 0. The Kier molecular flexibility index (Phi) is 5.04. The van der Waals surface area contributed by atoms with Crippen molar-refractivity contribution in [2.24, 2.45) is 0 Å². The monoisotopic (exact) mass is 356 g/mol. The highest BCUT2D eigenvalue weighted by Gasteiger charge is 2.09. The summed E-state index contributed by atoms with van der Waals surface area (Å²) in [6.45, 7) is 0. The van der Waals surface area contributed by atoms with E-state index in [0.717, 1.165) is 11.1 Å². The van der Waals surface area contributed by atoms with Crippen molar-refractivity contribution in [2.45, 2.75) is 0 Å². The van der Waals surface area contributed by atoms with Crippen molar-refractivity contribution < 1.29 is 4.79 Å². The normalized spacial score (nSPS) is 10.2. The minimum Gasteiger partial charge on any atom is -0.308 e. The number of urea groups is 1. The first-order chi connectivity index (χ1) is 11.6. The first-order valence-corrected chi connectivity index (χ1v) is 8.06. The van der Waals surface area contributed by atoms with Gasteiger partial charge in [0.15, 0.2) is 0 Å². The fourth-order valence-electron chi connectivity index (χ4n) is 2.27. The number of amides is 2. The summed E-state index contributed by atoms with van der Waals surface area (Å²) in [7, 11) is 0. The molecule has 0 atom stereocenters. The van der Waals surface area contributed by atoms with Crippen molar-refractivity contribution in [2.75, 3.05) is 10.6 Å². The van der Waals surface area contributed by atoms with E-state index in [1.165, 1.54) is 0 Å². The molecule has 0 aliphatic carbocycles. The maximum atomic E-state index is 12.1. The third-order valence-electron chi connectivity index (χ3n) is 3.45. The average Bonchev–Trinajstić information content (AvgIpc) is 2.60. The zero-order valence-corrected chi connectivity index (χ0v) is 14.1. The lowest BCUT2D eigenvalue weighted by molar-refractivity contribution is 0.262. The molecule has 2 N–H and O–H groups in total. The van der Waals surface area contributed by atoms with Crippen molar-refractivity contribution in [1.82, 2.24) is 0 Å². The smallest absolute Gasteiger partial charge is 0.308 e. The second kappa shape index (κ2) is 7.39. The number of nitrogens with one attached hydrogen (secondary N) is 2. The Bertz CT molecular complexity index is 829. The van der Waals surface area contributed by atoms with Gasteiger partial charge in [-0.2, -0.15) is 0 Å². The molecule has 2 amide bonds. The molecule has 3 nitrogen and oxygen atoms in total. The second-order valence-corrected chi connectivity index (χ2v) is 5.93. The van der Waals surface area contributed by atoms with E-state index in [-0.39, 0.29) is 0 Å². The lowest BCUT2D eigenvalue weighted by atomic mass is 10.1. The largest absolute Gasteiger partial charge is 0.323 e. The number of carbonyl (C=O) groups is 1. The molecule has 24 heavy (non-hydrogen) atoms. The molecule has 0 aliphatic heterocycles. The summed E-state index contributed by atoms with van der Waals surface area (Å²) in [4.78, 5) is 12.1. The highest BCUT2D eigenvalue weighted by molar-refractivity contribution is 6.39. The Morgan fingerprint density at radius 3 is 1.88 bits per heavy atom. The highest BCUT2D eigenvalue weighted by atomic mass is 35.5. The van der Waals surface area contributed by atoms with Gasteiger partial charge in [-0.05, 0) is 35.4 Å². The van der Waals surface area contributed by atoms with Crippen LogP contribution in [0.25, 0.3) is 11.1 Å². The van der Waals surface area contributed by atoms with Crippen LogP contribution in [-0.4, -0.2) is 6.03 Å². The van der Waals surface area contributed by atoms with Gasteiger partial charge in [-0.25, -0.2) is 4.79 Å². The van der Waals surface area contributed by atoms with Crippen LogP contribution in [0.1, 0.15) is 0 Å². The molecular weight excluding hydrogens is 343 g/mol. The zero-order chi connectivity index (χ0) is 16.9. The first kappa shape index (κ1) is 16.4. The van der Waals surface area contributed by atoms with Crippen LogP contribution < -0.4 is 10.6 Å². The van der Waals surface area contributed by atoms with E-state index in [2.05, 4.69) is 10.6 Å². The Morgan fingerprint density at radius 2 is 1.25 bits per heavy atom. The molecule has 0 heterocycles. The van der Waals surface area contributed by atoms with E-state index in [0.29, 0.717) is 21.4 Å². The van der Waals surface area contributed by atoms with Crippen LogP contribution in [0.15, 0.2) is 72.8 Å². The Hall–Kier alpha value is -2.49. The molecule has 0 spiro atoms. The van der Waals surface area contributed by atoms with Crippen LogP contribution in [0.2, 0.25) is 10.0 Å². The van der Waals surface area contributed by atoms with E-state index in [9.17, 15) is 4.79 Å². The van der Waals surface area contributed by atoms with E-state index in [1.807, 2.05) is 54.6 Å². The predicted molar refractivity (Wildman–Crippen MR) is 101 cm³/mol. The fraction of sp³-hybridized carbons (Fsp3) is 0. The van der Waals surface area contributed by atoms with E-state index < -0.39 is 6.03 Å². The molecule has 0 unspecified atom stereocenters. The molecule has 0 saturated heterocycles. The van der Waals surface area contributed by atoms with Gasteiger partial charge >= 0.3 is 6.03 Å². The topological polar surface area (TPSA) is 41.1 Å². The van der Waals surface area contributed by atoms with Gasteiger partial charge < -0.3 is 10.6 Å². The molecule has 0 saturated carbocycles. The minimum atomic E-state index is -0.405. The molecule has 0 aromatic heterocycles. The molecule has 0 aliphatic rings. The van der Waals surface area contributed by atoms with Gasteiger partial charge in [-0.15, -0.1) is 0 Å². The summed E-state index contributed by atoms with van der Waals surface area (Å²) < 4.78 is 0. The number of para-hydroxylation sites is 1. The first-order valence-electron chi connectivity index (χ1n) is 7.31.